The molecule has 1 aliphatic rings. The Bertz CT molecular complexity index is 735. The van der Waals surface area contributed by atoms with E-state index in [0.29, 0.717) is 37.4 Å². The molecule has 0 aromatic heterocycles. The van der Waals surface area contributed by atoms with Crippen LogP contribution in [0.5, 0.6) is 0 Å². The largest absolute Gasteiger partial charge is 0.378 e. The molecule has 1 aliphatic heterocycles. The minimum atomic E-state index is -0.185. The van der Waals surface area contributed by atoms with Crippen LogP contribution in [-0.2, 0) is 4.74 Å². The van der Waals surface area contributed by atoms with E-state index in [4.69, 9.17) is 4.74 Å². The molecule has 0 radical (unpaired) electrons. The van der Waals surface area contributed by atoms with Crippen molar-refractivity contribution >= 4 is 17.5 Å². The molecular formula is C19H20N2O3. The number of rotatable bonds is 3. The lowest BCUT2D eigenvalue weighted by molar-refractivity contribution is 0.0303. The second kappa shape index (κ2) is 7.27. The van der Waals surface area contributed by atoms with Crippen LogP contribution in [0.1, 0.15) is 26.3 Å². The first-order valence-corrected chi connectivity index (χ1v) is 7.99. The molecule has 24 heavy (non-hydrogen) atoms. The van der Waals surface area contributed by atoms with Gasteiger partial charge in [-0.25, -0.2) is 0 Å². The lowest BCUT2D eigenvalue weighted by Crippen LogP contribution is -2.40. The Morgan fingerprint density at radius 2 is 1.58 bits per heavy atom. The molecule has 0 aliphatic carbocycles. The van der Waals surface area contributed by atoms with Crippen LogP contribution in [-0.4, -0.2) is 43.0 Å². The highest BCUT2D eigenvalue weighted by Crippen LogP contribution is 2.15. The lowest BCUT2D eigenvalue weighted by Gasteiger charge is -2.26. The fraction of sp³-hybridized carbons (Fsp3) is 0.263. The minimum Gasteiger partial charge on any atom is -0.378 e. The van der Waals surface area contributed by atoms with Crippen LogP contribution in [0, 0.1) is 6.92 Å². The first-order chi connectivity index (χ1) is 11.6. The molecule has 2 aromatic rings. The van der Waals surface area contributed by atoms with E-state index in [1.54, 1.807) is 29.2 Å². The number of hydrogen-bond donors (Lipinski definition) is 1. The van der Waals surface area contributed by atoms with Gasteiger partial charge in [0.15, 0.2) is 0 Å². The first kappa shape index (κ1) is 16.2. The highest BCUT2D eigenvalue weighted by atomic mass is 16.5. The molecule has 5 heteroatoms. The number of carbonyl (C=O) groups is 2. The molecule has 3 rings (SSSR count). The zero-order valence-electron chi connectivity index (χ0n) is 13.6. The molecule has 0 bridgehead atoms. The quantitative estimate of drug-likeness (QED) is 0.944. The summed E-state index contributed by atoms with van der Waals surface area (Å²) >= 11 is 0. The highest BCUT2D eigenvalue weighted by Gasteiger charge is 2.18. The van der Waals surface area contributed by atoms with Crippen LogP contribution in [0.25, 0.3) is 0 Å². The van der Waals surface area contributed by atoms with Gasteiger partial charge in [-0.05, 0) is 42.8 Å². The molecule has 1 heterocycles. The predicted molar refractivity (Wildman–Crippen MR) is 92.3 cm³/mol. The zero-order valence-corrected chi connectivity index (χ0v) is 13.6. The summed E-state index contributed by atoms with van der Waals surface area (Å²) in [5.74, 6) is -0.209. The third-order valence-electron chi connectivity index (χ3n) is 4.09. The van der Waals surface area contributed by atoms with E-state index >= 15 is 0 Å². The van der Waals surface area contributed by atoms with E-state index in [-0.39, 0.29) is 11.8 Å². The molecule has 1 fully saturated rings. The van der Waals surface area contributed by atoms with Crippen molar-refractivity contribution < 1.29 is 14.3 Å². The summed E-state index contributed by atoms with van der Waals surface area (Å²) in [6.45, 7) is 4.30. The van der Waals surface area contributed by atoms with Gasteiger partial charge in [-0.1, -0.05) is 18.2 Å². The van der Waals surface area contributed by atoms with Crippen LogP contribution in [0.4, 0.5) is 5.69 Å². The van der Waals surface area contributed by atoms with E-state index in [9.17, 15) is 9.59 Å². The van der Waals surface area contributed by atoms with Gasteiger partial charge in [0.05, 0.1) is 13.2 Å². The SMILES string of the molecule is Cc1ccccc1NC(=O)c1ccc(C(=O)N2CCOCC2)cc1. The van der Waals surface area contributed by atoms with E-state index in [0.717, 1.165) is 11.3 Å². The van der Waals surface area contributed by atoms with Gasteiger partial charge in [0.1, 0.15) is 0 Å². The summed E-state index contributed by atoms with van der Waals surface area (Å²) in [6, 6.07) is 14.4. The molecule has 0 atom stereocenters. The fourth-order valence-corrected chi connectivity index (χ4v) is 2.62. The van der Waals surface area contributed by atoms with E-state index < -0.39 is 0 Å². The van der Waals surface area contributed by atoms with E-state index in [2.05, 4.69) is 5.32 Å². The maximum Gasteiger partial charge on any atom is 0.255 e. The molecule has 0 spiro atoms. The maximum atomic E-state index is 12.4. The number of carbonyl (C=O) groups excluding carboxylic acids is 2. The second-order valence-corrected chi connectivity index (χ2v) is 5.75. The Labute approximate surface area is 141 Å². The molecule has 0 unspecified atom stereocenters. The predicted octanol–water partition coefficient (Wildman–Crippen LogP) is 2.72. The van der Waals surface area contributed by atoms with Gasteiger partial charge in [-0.2, -0.15) is 0 Å². The summed E-state index contributed by atoms with van der Waals surface area (Å²) in [7, 11) is 0. The second-order valence-electron chi connectivity index (χ2n) is 5.75. The summed E-state index contributed by atoms with van der Waals surface area (Å²) < 4.78 is 5.26. The Hall–Kier alpha value is -2.66. The summed E-state index contributed by atoms with van der Waals surface area (Å²) in [5, 5.41) is 2.89. The maximum absolute atomic E-state index is 12.4. The number of para-hydroxylation sites is 1. The van der Waals surface area contributed by atoms with E-state index in [1.165, 1.54) is 0 Å². The summed E-state index contributed by atoms with van der Waals surface area (Å²) in [4.78, 5) is 26.5. The Morgan fingerprint density at radius 3 is 2.25 bits per heavy atom. The topological polar surface area (TPSA) is 58.6 Å². The molecule has 5 nitrogen and oxygen atoms in total. The summed E-state index contributed by atoms with van der Waals surface area (Å²) in [6.07, 6.45) is 0. The number of amides is 2. The Balaban J connectivity index is 1.68. The van der Waals surface area contributed by atoms with Gasteiger partial charge in [0, 0.05) is 29.9 Å². The van der Waals surface area contributed by atoms with E-state index in [1.807, 2.05) is 31.2 Å². The van der Waals surface area contributed by atoms with Crippen LogP contribution >= 0.6 is 0 Å². The van der Waals surface area contributed by atoms with Crippen LogP contribution in [0.3, 0.4) is 0 Å². The molecule has 124 valence electrons. The Kier molecular flexibility index (Phi) is 4.91. The van der Waals surface area contributed by atoms with Crippen LogP contribution in [0.15, 0.2) is 48.5 Å². The average Bonchev–Trinajstić information content (AvgIpc) is 2.64. The number of nitrogens with zero attached hydrogens (tertiary/aromatic N) is 1. The van der Waals surface area contributed by atoms with Crippen molar-refractivity contribution in [3.63, 3.8) is 0 Å². The molecule has 1 N–H and O–H groups in total. The number of anilines is 1. The number of aryl methyl sites for hydroxylation is 1. The van der Waals surface area contributed by atoms with Crippen molar-refractivity contribution in [1.82, 2.24) is 4.90 Å². The van der Waals surface area contributed by atoms with Crippen LogP contribution < -0.4 is 5.32 Å². The zero-order chi connectivity index (χ0) is 16.9. The number of morpholine rings is 1. The monoisotopic (exact) mass is 324 g/mol. The van der Waals surface area contributed by atoms with Gasteiger partial charge in [-0.3, -0.25) is 9.59 Å². The average molecular weight is 324 g/mol. The van der Waals surface area contributed by atoms with Gasteiger partial charge in [-0.15, -0.1) is 0 Å². The minimum absolute atomic E-state index is 0.0239. The third-order valence-corrected chi connectivity index (χ3v) is 4.09. The molecule has 0 saturated carbocycles. The number of benzene rings is 2. The standard InChI is InChI=1S/C19H20N2O3/c1-14-4-2-3-5-17(14)20-18(22)15-6-8-16(9-7-15)19(23)21-10-12-24-13-11-21/h2-9H,10-13H2,1H3,(H,20,22). The normalized spacial score (nSPS) is 14.3. The van der Waals surface area contributed by atoms with Gasteiger partial charge < -0.3 is 15.0 Å². The van der Waals surface area contributed by atoms with Gasteiger partial charge >= 0.3 is 0 Å². The van der Waals surface area contributed by atoms with Gasteiger partial charge in [0.25, 0.3) is 11.8 Å². The van der Waals surface area contributed by atoms with Crippen molar-refractivity contribution in [1.29, 1.82) is 0 Å². The van der Waals surface area contributed by atoms with Crippen LogP contribution in [0.2, 0.25) is 0 Å². The smallest absolute Gasteiger partial charge is 0.255 e. The van der Waals surface area contributed by atoms with Crippen molar-refractivity contribution in [2.45, 2.75) is 6.92 Å². The summed E-state index contributed by atoms with van der Waals surface area (Å²) in [5.41, 5.74) is 2.90. The number of ether oxygens (including phenoxy) is 1. The Morgan fingerprint density at radius 1 is 0.958 bits per heavy atom. The fourth-order valence-electron chi connectivity index (χ4n) is 2.62. The highest BCUT2D eigenvalue weighted by molar-refractivity contribution is 6.05. The molecule has 2 aromatic carbocycles. The number of hydrogen-bond acceptors (Lipinski definition) is 3. The van der Waals surface area contributed by atoms with Crippen molar-refractivity contribution in [2.24, 2.45) is 0 Å². The van der Waals surface area contributed by atoms with Crippen molar-refractivity contribution in [2.75, 3.05) is 31.6 Å². The first-order valence-electron chi connectivity index (χ1n) is 7.99. The molecule has 1 saturated heterocycles. The lowest BCUT2D eigenvalue weighted by atomic mass is 10.1. The number of nitrogens with one attached hydrogen (secondary N) is 1. The van der Waals surface area contributed by atoms with Crippen molar-refractivity contribution in [3.8, 4) is 0 Å². The molecule has 2 amide bonds. The van der Waals surface area contributed by atoms with Crippen molar-refractivity contribution in [3.05, 3.63) is 65.2 Å². The molecular weight excluding hydrogens is 304 g/mol. The third kappa shape index (κ3) is 3.63. The van der Waals surface area contributed by atoms with Gasteiger partial charge in [0.2, 0.25) is 0 Å².